The summed E-state index contributed by atoms with van der Waals surface area (Å²) < 4.78 is 0. The summed E-state index contributed by atoms with van der Waals surface area (Å²) in [4.78, 5) is 22.5. The molecule has 1 aliphatic rings. The Morgan fingerprint density at radius 1 is 0.909 bits per heavy atom. The number of halogens is 1. The Bertz CT molecular complexity index is 1260. The molecule has 4 rings (SSSR count). The van der Waals surface area contributed by atoms with Gasteiger partial charge in [-0.25, -0.2) is 4.99 Å². The molecule has 0 aromatic heterocycles. The monoisotopic (exact) mass is 475 g/mol. The van der Waals surface area contributed by atoms with E-state index in [9.17, 15) is 4.79 Å². The normalized spacial score (nSPS) is 13.0. The topological polar surface area (TPSA) is 53.8 Å². The van der Waals surface area contributed by atoms with E-state index in [4.69, 9.17) is 21.6 Å². The second-order valence-electron chi connectivity index (χ2n) is 8.39. The van der Waals surface area contributed by atoms with E-state index in [1.54, 1.807) is 0 Å². The predicted octanol–water partition coefficient (Wildman–Crippen LogP) is 7.50. The lowest BCUT2D eigenvalue weighted by molar-refractivity contribution is -0.113. The summed E-state index contributed by atoms with van der Waals surface area (Å²) in [6.45, 7) is 8.20. The standard InChI is InChI=1S/C27H26ClN3OS/c1-16-9-17(2)11-22(10-16)29-26(32)15-33-27-14-23(20-5-7-21(28)8-6-20)30-24-12-18(3)19(4)13-25(24)31-27/h5-13H,14-15H2,1-4H3,(H,29,32). The van der Waals surface area contributed by atoms with Crippen molar-refractivity contribution in [1.29, 1.82) is 0 Å². The first-order valence-corrected chi connectivity index (χ1v) is 12.2. The van der Waals surface area contributed by atoms with Crippen molar-refractivity contribution >= 4 is 57.1 Å². The van der Waals surface area contributed by atoms with Crippen molar-refractivity contribution in [3.8, 4) is 0 Å². The van der Waals surface area contributed by atoms with Gasteiger partial charge in [0.2, 0.25) is 5.91 Å². The number of amides is 1. The van der Waals surface area contributed by atoms with Crippen LogP contribution in [0.4, 0.5) is 17.1 Å². The van der Waals surface area contributed by atoms with Crippen molar-refractivity contribution in [1.82, 2.24) is 0 Å². The average Bonchev–Trinajstić information content (AvgIpc) is 2.91. The number of rotatable bonds is 4. The molecule has 1 amide bonds. The largest absolute Gasteiger partial charge is 0.325 e. The first-order valence-electron chi connectivity index (χ1n) is 10.8. The van der Waals surface area contributed by atoms with Crippen LogP contribution in [0.15, 0.2) is 64.6 Å². The molecule has 0 radical (unpaired) electrons. The van der Waals surface area contributed by atoms with Crippen LogP contribution in [0.2, 0.25) is 5.02 Å². The van der Waals surface area contributed by atoms with Gasteiger partial charge in [-0.1, -0.05) is 29.8 Å². The van der Waals surface area contributed by atoms with Crippen molar-refractivity contribution in [3.63, 3.8) is 0 Å². The lowest BCUT2D eigenvalue weighted by Crippen LogP contribution is -2.16. The van der Waals surface area contributed by atoms with Gasteiger partial charge in [-0.3, -0.25) is 9.79 Å². The molecular formula is C27H26ClN3OS. The number of thioether (sulfide) groups is 1. The molecule has 3 aromatic carbocycles. The zero-order chi connectivity index (χ0) is 23.5. The zero-order valence-corrected chi connectivity index (χ0v) is 20.8. The van der Waals surface area contributed by atoms with Crippen LogP contribution in [0.25, 0.3) is 0 Å². The zero-order valence-electron chi connectivity index (χ0n) is 19.2. The number of aliphatic imine (C=N–C) groups is 2. The van der Waals surface area contributed by atoms with Gasteiger partial charge in [0.25, 0.3) is 0 Å². The van der Waals surface area contributed by atoms with Gasteiger partial charge >= 0.3 is 0 Å². The average molecular weight is 476 g/mol. The van der Waals surface area contributed by atoms with E-state index in [1.807, 2.05) is 50.2 Å². The van der Waals surface area contributed by atoms with Crippen LogP contribution in [0.1, 0.15) is 34.2 Å². The number of anilines is 1. The quantitative estimate of drug-likeness (QED) is 0.424. The van der Waals surface area contributed by atoms with Crippen LogP contribution in [-0.4, -0.2) is 22.4 Å². The Morgan fingerprint density at radius 2 is 1.52 bits per heavy atom. The maximum Gasteiger partial charge on any atom is 0.234 e. The Hall–Kier alpha value is -2.89. The van der Waals surface area contributed by atoms with Gasteiger partial charge in [-0.05, 0) is 91.9 Å². The van der Waals surface area contributed by atoms with E-state index in [-0.39, 0.29) is 11.7 Å². The molecule has 3 aromatic rings. The number of carbonyl (C=O) groups excluding carboxylic acids is 1. The van der Waals surface area contributed by atoms with Gasteiger partial charge in [-0.2, -0.15) is 0 Å². The lowest BCUT2D eigenvalue weighted by Gasteiger charge is -2.09. The molecule has 33 heavy (non-hydrogen) atoms. The summed E-state index contributed by atoms with van der Waals surface area (Å²) in [5, 5.41) is 4.55. The summed E-state index contributed by atoms with van der Waals surface area (Å²) in [6.07, 6.45) is 0.551. The fourth-order valence-corrected chi connectivity index (χ4v) is 4.65. The number of nitrogens with zero attached hydrogens (tertiary/aromatic N) is 2. The first kappa shape index (κ1) is 23.3. The summed E-state index contributed by atoms with van der Waals surface area (Å²) in [7, 11) is 0. The van der Waals surface area contributed by atoms with Crippen LogP contribution in [-0.2, 0) is 4.79 Å². The fourth-order valence-electron chi connectivity index (χ4n) is 3.75. The second kappa shape index (κ2) is 9.94. The van der Waals surface area contributed by atoms with Crippen LogP contribution in [0.3, 0.4) is 0 Å². The Morgan fingerprint density at radius 3 is 2.15 bits per heavy atom. The number of hydrogen-bond donors (Lipinski definition) is 1. The van der Waals surface area contributed by atoms with Gasteiger partial charge in [0.1, 0.15) is 0 Å². The third-order valence-electron chi connectivity index (χ3n) is 5.46. The highest BCUT2D eigenvalue weighted by molar-refractivity contribution is 8.14. The predicted molar refractivity (Wildman–Crippen MR) is 142 cm³/mol. The van der Waals surface area contributed by atoms with E-state index in [0.29, 0.717) is 11.4 Å². The van der Waals surface area contributed by atoms with Gasteiger partial charge in [0, 0.05) is 17.1 Å². The molecule has 1 heterocycles. The summed E-state index contributed by atoms with van der Waals surface area (Å²) >= 11 is 7.54. The van der Waals surface area contributed by atoms with E-state index >= 15 is 0 Å². The van der Waals surface area contributed by atoms with Gasteiger partial charge in [-0.15, -0.1) is 11.8 Å². The maximum atomic E-state index is 12.7. The minimum Gasteiger partial charge on any atom is -0.325 e. The number of aryl methyl sites for hydroxylation is 4. The molecule has 168 valence electrons. The Balaban J connectivity index is 1.58. The molecule has 1 aliphatic heterocycles. The smallest absolute Gasteiger partial charge is 0.234 e. The highest BCUT2D eigenvalue weighted by Gasteiger charge is 2.18. The number of carbonyl (C=O) groups is 1. The number of benzene rings is 3. The number of hydrogen-bond acceptors (Lipinski definition) is 4. The number of fused-ring (bicyclic) bond motifs is 1. The third-order valence-corrected chi connectivity index (χ3v) is 6.69. The molecule has 0 unspecified atom stereocenters. The molecule has 0 saturated heterocycles. The first-order chi connectivity index (χ1) is 15.8. The van der Waals surface area contributed by atoms with E-state index in [0.717, 1.165) is 44.5 Å². The van der Waals surface area contributed by atoms with Crippen molar-refractivity contribution < 1.29 is 4.79 Å². The summed E-state index contributed by atoms with van der Waals surface area (Å²) in [5.41, 5.74) is 8.99. The van der Waals surface area contributed by atoms with Crippen LogP contribution < -0.4 is 5.32 Å². The van der Waals surface area contributed by atoms with Gasteiger partial charge < -0.3 is 5.32 Å². The highest BCUT2D eigenvalue weighted by Crippen LogP contribution is 2.36. The van der Waals surface area contributed by atoms with Crippen LogP contribution >= 0.6 is 23.4 Å². The molecular weight excluding hydrogens is 450 g/mol. The molecule has 1 N–H and O–H groups in total. The molecule has 0 aliphatic carbocycles. The third kappa shape index (κ3) is 5.92. The maximum absolute atomic E-state index is 12.7. The van der Waals surface area contributed by atoms with Gasteiger partial charge in [0.15, 0.2) is 0 Å². The van der Waals surface area contributed by atoms with E-state index < -0.39 is 0 Å². The molecule has 4 nitrogen and oxygen atoms in total. The summed E-state index contributed by atoms with van der Waals surface area (Å²) in [5.74, 6) is 0.224. The van der Waals surface area contributed by atoms with E-state index in [2.05, 4.69) is 37.4 Å². The van der Waals surface area contributed by atoms with Crippen LogP contribution in [0.5, 0.6) is 0 Å². The van der Waals surface area contributed by atoms with Crippen molar-refractivity contribution in [2.45, 2.75) is 34.1 Å². The molecule has 0 atom stereocenters. The molecule has 0 saturated carbocycles. The minimum atomic E-state index is -0.0535. The Labute approximate surface area is 204 Å². The van der Waals surface area contributed by atoms with E-state index in [1.165, 1.54) is 22.9 Å². The molecule has 0 fully saturated rings. The minimum absolute atomic E-state index is 0.0535. The SMILES string of the molecule is Cc1cc(C)cc(NC(=O)CSC2=Nc3cc(C)c(C)cc3N=C(c3ccc(Cl)cc3)C2)c1. The molecule has 6 heteroatoms. The van der Waals surface area contributed by atoms with Crippen molar-refractivity contribution in [2.24, 2.45) is 9.98 Å². The van der Waals surface area contributed by atoms with Crippen molar-refractivity contribution in [2.75, 3.05) is 11.1 Å². The second-order valence-corrected chi connectivity index (χ2v) is 9.87. The van der Waals surface area contributed by atoms with Gasteiger partial charge in [0.05, 0.1) is 27.9 Å². The van der Waals surface area contributed by atoms with Crippen LogP contribution in [0, 0.1) is 27.7 Å². The summed E-state index contributed by atoms with van der Waals surface area (Å²) in [6, 6.07) is 17.9. The number of nitrogens with one attached hydrogen (secondary N) is 1. The highest BCUT2D eigenvalue weighted by atomic mass is 35.5. The molecule has 0 spiro atoms. The fraction of sp³-hybridized carbons (Fsp3) is 0.222. The lowest BCUT2D eigenvalue weighted by atomic mass is 10.1. The molecule has 0 bridgehead atoms. The Kier molecular flexibility index (Phi) is 7.01. The van der Waals surface area contributed by atoms with Crippen molar-refractivity contribution in [3.05, 3.63) is 87.4 Å².